The van der Waals surface area contributed by atoms with Crippen molar-refractivity contribution in [3.8, 4) is 0 Å². The van der Waals surface area contributed by atoms with Gasteiger partial charge >= 0.3 is 29.6 Å². The molecule has 0 aromatic rings. The Hall–Kier alpha value is -0.380. The quantitative estimate of drug-likeness (QED) is 0.322. The van der Waals surface area contributed by atoms with Crippen molar-refractivity contribution in [3.63, 3.8) is 0 Å². The van der Waals surface area contributed by atoms with E-state index in [-0.39, 0.29) is 46.5 Å². The van der Waals surface area contributed by atoms with Crippen LogP contribution in [0, 0.1) is 0 Å². The zero-order valence-electron chi connectivity index (χ0n) is 10.4. The van der Waals surface area contributed by atoms with Gasteiger partial charge in [0.25, 0.3) is 0 Å². The van der Waals surface area contributed by atoms with Crippen LogP contribution in [0.15, 0.2) is 23.3 Å². The van der Waals surface area contributed by atoms with Crippen molar-refractivity contribution in [1.29, 1.82) is 0 Å². The van der Waals surface area contributed by atoms with E-state index in [9.17, 15) is 14.7 Å². The second kappa shape index (κ2) is 11.7. The normalized spacial score (nSPS) is 10.7. The Balaban J connectivity index is -0.000000449. The molecule has 0 rings (SSSR count). The van der Waals surface area contributed by atoms with Crippen LogP contribution in [0.4, 0.5) is 0 Å². The molecule has 4 heteroatoms. The van der Waals surface area contributed by atoms with Crippen LogP contribution in [0.3, 0.4) is 0 Å². The number of aliphatic carboxylic acids is 1. The number of rotatable bonds is 3. The summed E-state index contributed by atoms with van der Waals surface area (Å²) in [7, 11) is 0. The average Bonchev–Trinajstić information content (AvgIpc) is 2.15. The van der Waals surface area contributed by atoms with E-state index in [4.69, 9.17) is 0 Å². The largest absolute Gasteiger partial charge is 1.00 e. The third-order valence-electron chi connectivity index (χ3n) is 1.47. The predicted octanol–water partition coefficient (Wildman–Crippen LogP) is -1.75. The van der Waals surface area contributed by atoms with Crippen LogP contribution in [0.1, 0.15) is 34.6 Å². The first-order valence-electron chi connectivity index (χ1n) is 4.59. The number of ketones is 1. The summed E-state index contributed by atoms with van der Waals surface area (Å²) in [5.41, 5.74) is 0.141. The molecule has 0 aliphatic heterocycles. The number of allylic oxidation sites excluding steroid dienone is 2. The van der Waals surface area contributed by atoms with Crippen LogP contribution in [-0.4, -0.2) is 11.8 Å². The molecule has 0 saturated carbocycles. The van der Waals surface area contributed by atoms with Crippen molar-refractivity contribution in [2.45, 2.75) is 34.6 Å². The fourth-order valence-electron chi connectivity index (χ4n) is 0.932. The van der Waals surface area contributed by atoms with E-state index < -0.39 is 5.97 Å². The predicted molar refractivity (Wildman–Crippen MR) is 54.6 cm³/mol. The van der Waals surface area contributed by atoms with Gasteiger partial charge in [-0.2, -0.15) is 0 Å². The molecule has 80 valence electrons. The van der Waals surface area contributed by atoms with Crippen LogP contribution in [-0.2, 0) is 9.59 Å². The Labute approximate surface area is 114 Å². The summed E-state index contributed by atoms with van der Waals surface area (Å²) in [6.07, 6.45) is 2.82. The molecule has 0 aromatic carbocycles. The standard InChI is InChI=1S/C9H12O3.C2H6.Na/c1-4-7(6(3)10)8(5-2)9(11)12;1-2;/h4-5H,1-3H3,(H,11,12);1-2H3;/q;;+1/p-1/b7-4-,8-5+;;. The van der Waals surface area contributed by atoms with Gasteiger partial charge in [-0.15, -0.1) is 0 Å². The first-order valence-corrected chi connectivity index (χ1v) is 4.59. The van der Waals surface area contributed by atoms with Gasteiger partial charge in [-0.05, 0) is 20.8 Å². The number of hydrogen-bond acceptors (Lipinski definition) is 3. The fourth-order valence-corrected chi connectivity index (χ4v) is 0.932. The summed E-state index contributed by atoms with van der Waals surface area (Å²) in [4.78, 5) is 21.3. The van der Waals surface area contributed by atoms with Gasteiger partial charge < -0.3 is 9.90 Å². The van der Waals surface area contributed by atoms with Gasteiger partial charge in [0.05, 0.1) is 5.97 Å². The van der Waals surface area contributed by atoms with Crippen LogP contribution in [0.2, 0.25) is 0 Å². The molecular formula is C11H17NaO3. The van der Waals surface area contributed by atoms with Crippen molar-refractivity contribution in [1.82, 2.24) is 0 Å². The molecular weight excluding hydrogens is 203 g/mol. The molecule has 3 nitrogen and oxygen atoms in total. The maximum Gasteiger partial charge on any atom is 1.00 e. The van der Waals surface area contributed by atoms with E-state index in [1.54, 1.807) is 13.8 Å². The van der Waals surface area contributed by atoms with Crippen LogP contribution in [0.25, 0.3) is 0 Å². The molecule has 0 N–H and O–H groups in total. The van der Waals surface area contributed by atoms with E-state index >= 15 is 0 Å². The Bertz CT molecular complexity index is 237. The van der Waals surface area contributed by atoms with Crippen molar-refractivity contribution in [2.75, 3.05) is 0 Å². The first-order chi connectivity index (χ1) is 6.54. The number of Topliss-reactive ketones (excluding diaryl/α,β-unsaturated/α-hetero) is 1. The Morgan fingerprint density at radius 1 is 1.00 bits per heavy atom. The Morgan fingerprint density at radius 2 is 1.33 bits per heavy atom. The minimum atomic E-state index is -1.32. The summed E-state index contributed by atoms with van der Waals surface area (Å²) < 4.78 is 0. The van der Waals surface area contributed by atoms with Crippen LogP contribution >= 0.6 is 0 Å². The van der Waals surface area contributed by atoms with Crippen LogP contribution < -0.4 is 34.7 Å². The molecule has 0 unspecified atom stereocenters. The summed E-state index contributed by atoms with van der Waals surface area (Å²) in [5, 5.41) is 10.5. The molecule has 0 aliphatic rings. The molecule has 0 saturated heterocycles. The SMILES string of the molecule is C/C=C(C(C)=O)\C(=C/C)C(=O)[O-].CC.[Na+]. The van der Waals surface area contributed by atoms with Gasteiger partial charge in [0, 0.05) is 11.1 Å². The molecule has 0 radical (unpaired) electrons. The van der Waals surface area contributed by atoms with E-state index in [1.807, 2.05) is 13.8 Å². The number of hydrogen-bond donors (Lipinski definition) is 0. The molecule has 0 atom stereocenters. The first kappa shape index (κ1) is 20.1. The molecule has 0 bridgehead atoms. The minimum absolute atomic E-state index is 0. The number of carbonyl (C=O) groups is 2. The van der Waals surface area contributed by atoms with E-state index in [0.717, 1.165) is 0 Å². The van der Waals surface area contributed by atoms with Crippen molar-refractivity contribution in [2.24, 2.45) is 0 Å². The van der Waals surface area contributed by atoms with E-state index in [1.165, 1.54) is 19.1 Å². The number of carboxylic acids is 1. The average molecular weight is 220 g/mol. The molecule has 0 heterocycles. The molecule has 0 spiro atoms. The summed E-state index contributed by atoms with van der Waals surface area (Å²) >= 11 is 0. The zero-order chi connectivity index (χ0) is 11.7. The zero-order valence-corrected chi connectivity index (χ0v) is 12.4. The Morgan fingerprint density at radius 3 is 1.40 bits per heavy atom. The molecule has 0 fully saturated rings. The molecule has 0 amide bonds. The molecule has 0 aromatic heterocycles. The van der Waals surface area contributed by atoms with Gasteiger partial charge in [-0.3, -0.25) is 4.79 Å². The van der Waals surface area contributed by atoms with Gasteiger partial charge in [0.15, 0.2) is 5.78 Å². The third kappa shape index (κ3) is 7.54. The molecule has 15 heavy (non-hydrogen) atoms. The maximum atomic E-state index is 10.9. The topological polar surface area (TPSA) is 57.2 Å². The van der Waals surface area contributed by atoms with E-state index in [0.29, 0.717) is 0 Å². The second-order valence-electron chi connectivity index (χ2n) is 2.25. The van der Waals surface area contributed by atoms with Gasteiger partial charge in [0.2, 0.25) is 0 Å². The summed E-state index contributed by atoms with van der Waals surface area (Å²) in [6.45, 7) is 8.49. The number of carbonyl (C=O) groups excluding carboxylic acids is 2. The second-order valence-corrected chi connectivity index (χ2v) is 2.25. The Kier molecular flexibility index (Phi) is 15.7. The monoisotopic (exact) mass is 220 g/mol. The minimum Gasteiger partial charge on any atom is -0.545 e. The van der Waals surface area contributed by atoms with Gasteiger partial charge in [-0.25, -0.2) is 0 Å². The summed E-state index contributed by atoms with van der Waals surface area (Å²) in [6, 6.07) is 0. The van der Waals surface area contributed by atoms with Crippen molar-refractivity contribution < 1.29 is 44.3 Å². The summed E-state index contributed by atoms with van der Waals surface area (Å²) in [5.74, 6) is -1.59. The van der Waals surface area contributed by atoms with Crippen molar-refractivity contribution in [3.05, 3.63) is 23.3 Å². The van der Waals surface area contributed by atoms with Gasteiger partial charge in [0.1, 0.15) is 0 Å². The van der Waals surface area contributed by atoms with Gasteiger partial charge in [-0.1, -0.05) is 26.0 Å². The van der Waals surface area contributed by atoms with E-state index in [2.05, 4.69) is 0 Å². The third-order valence-corrected chi connectivity index (χ3v) is 1.47. The maximum absolute atomic E-state index is 10.9. The fraction of sp³-hybridized carbons (Fsp3) is 0.455. The van der Waals surface area contributed by atoms with Crippen molar-refractivity contribution >= 4 is 11.8 Å². The smallest absolute Gasteiger partial charge is 0.545 e. The number of carboxylic acid groups (broad SMARTS) is 1. The van der Waals surface area contributed by atoms with Crippen LogP contribution in [0.5, 0.6) is 0 Å². The molecule has 0 aliphatic carbocycles.